The van der Waals surface area contributed by atoms with Gasteiger partial charge in [-0.15, -0.1) is 0 Å². The van der Waals surface area contributed by atoms with Gasteiger partial charge in [0.25, 0.3) is 0 Å². The van der Waals surface area contributed by atoms with Crippen molar-refractivity contribution < 1.29 is 17.9 Å². The number of ether oxygens (including phenoxy) is 1. The molecule has 4 rings (SSSR count). The van der Waals surface area contributed by atoms with E-state index in [9.17, 15) is 13.2 Å². The fraction of sp³-hybridized carbons (Fsp3) is 0.533. The molecule has 0 spiro atoms. The third-order valence-corrected chi connectivity index (χ3v) is 5.96. The molecular weight excluding hydrogens is 290 g/mol. The predicted molar refractivity (Wildman–Crippen MR) is 77.0 cm³/mol. The molecular formula is C15H19NO4S. The van der Waals surface area contributed by atoms with Gasteiger partial charge < -0.3 is 4.74 Å². The highest BCUT2D eigenvalue weighted by atomic mass is 32.2. The van der Waals surface area contributed by atoms with Crippen LogP contribution in [0.15, 0.2) is 35.2 Å². The minimum absolute atomic E-state index is 0.0362. The van der Waals surface area contributed by atoms with Crippen molar-refractivity contribution in [1.29, 1.82) is 0 Å². The zero-order chi connectivity index (χ0) is 15.1. The second-order valence-corrected chi connectivity index (χ2v) is 7.89. The zero-order valence-corrected chi connectivity index (χ0v) is 12.8. The molecule has 0 aliphatic heterocycles. The van der Waals surface area contributed by atoms with Crippen molar-refractivity contribution in [1.82, 2.24) is 4.72 Å². The van der Waals surface area contributed by atoms with Crippen LogP contribution < -0.4 is 4.72 Å². The second-order valence-electron chi connectivity index (χ2n) is 6.21. The number of sulfonamides is 1. The summed E-state index contributed by atoms with van der Waals surface area (Å²) in [5.41, 5.74) is -0.382. The van der Waals surface area contributed by atoms with Crippen LogP contribution in [0.25, 0.3) is 0 Å². The summed E-state index contributed by atoms with van der Waals surface area (Å²) in [4.78, 5) is 11.8. The summed E-state index contributed by atoms with van der Waals surface area (Å²) in [7, 11) is -3.47. The second kappa shape index (κ2) is 4.81. The van der Waals surface area contributed by atoms with Gasteiger partial charge in [0.2, 0.25) is 10.0 Å². The average molecular weight is 309 g/mol. The van der Waals surface area contributed by atoms with E-state index in [1.165, 1.54) is 0 Å². The third kappa shape index (κ3) is 2.58. The van der Waals surface area contributed by atoms with Gasteiger partial charge in [0.15, 0.2) is 0 Å². The maximum Gasteiger partial charge on any atom is 0.306 e. The summed E-state index contributed by atoms with van der Waals surface area (Å²) in [6.45, 7) is 2.18. The summed E-state index contributed by atoms with van der Waals surface area (Å²) >= 11 is 0. The van der Waals surface area contributed by atoms with Gasteiger partial charge in [0.1, 0.15) is 0 Å². The van der Waals surface area contributed by atoms with Gasteiger partial charge in [-0.05, 0) is 43.7 Å². The van der Waals surface area contributed by atoms with E-state index in [2.05, 4.69) is 4.72 Å². The number of rotatable bonds is 6. The molecule has 2 bridgehead atoms. The molecule has 3 fully saturated rings. The molecule has 6 heteroatoms. The molecule has 3 aliphatic rings. The van der Waals surface area contributed by atoms with Gasteiger partial charge in [0, 0.05) is 5.54 Å². The van der Waals surface area contributed by atoms with Crippen LogP contribution in [0.5, 0.6) is 0 Å². The first-order valence-corrected chi connectivity index (χ1v) is 8.62. The molecule has 0 unspecified atom stereocenters. The maximum absolute atomic E-state index is 12.3. The minimum atomic E-state index is -3.47. The molecule has 0 radical (unpaired) electrons. The molecule has 1 aromatic rings. The smallest absolute Gasteiger partial charge is 0.306 e. The van der Waals surface area contributed by atoms with Gasteiger partial charge in [0.05, 0.1) is 17.9 Å². The Labute approximate surface area is 124 Å². The number of hydrogen-bond acceptors (Lipinski definition) is 4. The van der Waals surface area contributed by atoms with Gasteiger partial charge in [-0.3, -0.25) is 4.79 Å². The average Bonchev–Trinajstić information content (AvgIpc) is 2.36. The first-order chi connectivity index (χ1) is 9.89. The van der Waals surface area contributed by atoms with E-state index in [0.717, 1.165) is 19.3 Å². The highest BCUT2D eigenvalue weighted by molar-refractivity contribution is 7.89. The van der Waals surface area contributed by atoms with Gasteiger partial charge in [-0.2, -0.15) is 0 Å². The molecule has 0 amide bonds. The largest absolute Gasteiger partial charge is 0.466 e. The lowest BCUT2D eigenvalue weighted by Crippen LogP contribution is -2.74. The summed E-state index contributed by atoms with van der Waals surface area (Å²) in [6, 6.07) is 8.37. The molecule has 0 saturated heterocycles. The van der Waals surface area contributed by atoms with Gasteiger partial charge in [-0.1, -0.05) is 18.2 Å². The summed E-state index contributed by atoms with van der Waals surface area (Å²) < 4.78 is 32.3. The topological polar surface area (TPSA) is 72.5 Å². The molecule has 3 aliphatic carbocycles. The van der Waals surface area contributed by atoms with Gasteiger partial charge >= 0.3 is 5.97 Å². The normalized spacial score (nSPS) is 30.1. The van der Waals surface area contributed by atoms with E-state index in [1.807, 2.05) is 0 Å². The van der Waals surface area contributed by atoms with Crippen molar-refractivity contribution in [2.45, 2.75) is 43.0 Å². The number of carbonyl (C=O) groups excluding carboxylic acids is 1. The number of carbonyl (C=O) groups is 1. The van der Waals surface area contributed by atoms with Crippen LogP contribution in [0.1, 0.15) is 32.6 Å². The fourth-order valence-electron chi connectivity index (χ4n) is 3.76. The Morgan fingerprint density at radius 3 is 2.43 bits per heavy atom. The SMILES string of the molecule is CCOC(=O)CC12CC(NS(=O)(=O)c3ccccc3)(C1)C2. The van der Waals surface area contributed by atoms with Crippen LogP contribution in [0, 0.1) is 5.41 Å². The monoisotopic (exact) mass is 309 g/mol. The standard InChI is InChI=1S/C15H19NO4S/c1-2-20-13(17)8-14-9-15(10-14,11-14)16-21(18,19)12-6-4-3-5-7-12/h3-7,16H,2,8-11H2,1H3. The van der Waals surface area contributed by atoms with Crippen molar-refractivity contribution >= 4 is 16.0 Å². The minimum Gasteiger partial charge on any atom is -0.466 e. The molecule has 5 nitrogen and oxygen atoms in total. The molecule has 0 heterocycles. The van der Waals surface area contributed by atoms with Crippen molar-refractivity contribution in [2.75, 3.05) is 6.61 Å². The lowest BCUT2D eigenvalue weighted by atomic mass is 9.39. The van der Waals surface area contributed by atoms with Crippen LogP contribution in [0.3, 0.4) is 0 Å². The van der Waals surface area contributed by atoms with E-state index in [4.69, 9.17) is 4.74 Å². The Hall–Kier alpha value is -1.40. The first-order valence-electron chi connectivity index (χ1n) is 7.13. The lowest BCUT2D eigenvalue weighted by molar-refractivity contribution is -0.174. The van der Waals surface area contributed by atoms with Crippen LogP contribution in [-0.2, 0) is 19.6 Å². The Morgan fingerprint density at radius 2 is 1.86 bits per heavy atom. The number of hydrogen-bond donors (Lipinski definition) is 1. The Morgan fingerprint density at radius 1 is 1.24 bits per heavy atom. The summed E-state index contributed by atoms with van der Waals surface area (Å²) in [5, 5.41) is 0. The van der Waals surface area contributed by atoms with E-state index >= 15 is 0 Å². The van der Waals surface area contributed by atoms with E-state index in [-0.39, 0.29) is 21.8 Å². The highest BCUT2D eigenvalue weighted by Gasteiger charge is 2.69. The molecule has 3 saturated carbocycles. The lowest BCUT2D eigenvalue weighted by Gasteiger charge is -2.70. The number of benzene rings is 1. The quantitative estimate of drug-likeness (QED) is 0.814. The zero-order valence-electron chi connectivity index (χ0n) is 12.0. The van der Waals surface area contributed by atoms with E-state index in [1.54, 1.807) is 37.3 Å². The number of esters is 1. The molecule has 1 N–H and O–H groups in total. The number of nitrogens with one attached hydrogen (secondary N) is 1. The Bertz CT molecular complexity index is 634. The molecule has 21 heavy (non-hydrogen) atoms. The third-order valence-electron chi connectivity index (χ3n) is 4.37. The summed E-state index contributed by atoms with van der Waals surface area (Å²) in [5.74, 6) is -0.184. The molecule has 1 aromatic carbocycles. The highest BCUT2D eigenvalue weighted by Crippen LogP contribution is 2.69. The molecule has 114 valence electrons. The molecule has 0 atom stereocenters. The van der Waals surface area contributed by atoms with E-state index in [0.29, 0.717) is 13.0 Å². The van der Waals surface area contributed by atoms with Crippen molar-refractivity contribution in [3.63, 3.8) is 0 Å². The van der Waals surface area contributed by atoms with Crippen LogP contribution in [-0.4, -0.2) is 26.5 Å². The van der Waals surface area contributed by atoms with Crippen molar-refractivity contribution in [2.24, 2.45) is 5.41 Å². The van der Waals surface area contributed by atoms with Crippen LogP contribution >= 0.6 is 0 Å². The van der Waals surface area contributed by atoms with Crippen LogP contribution in [0.4, 0.5) is 0 Å². The first kappa shape index (κ1) is 14.5. The Kier molecular flexibility index (Phi) is 3.33. The Balaban J connectivity index is 1.60. The maximum atomic E-state index is 12.3. The fourth-order valence-corrected chi connectivity index (χ4v) is 5.18. The predicted octanol–water partition coefficient (Wildman–Crippen LogP) is 1.84. The van der Waals surface area contributed by atoms with Crippen LogP contribution in [0.2, 0.25) is 0 Å². The van der Waals surface area contributed by atoms with Crippen molar-refractivity contribution in [3.8, 4) is 0 Å². The van der Waals surface area contributed by atoms with Crippen molar-refractivity contribution in [3.05, 3.63) is 30.3 Å². The van der Waals surface area contributed by atoms with E-state index < -0.39 is 10.0 Å². The van der Waals surface area contributed by atoms with Gasteiger partial charge in [-0.25, -0.2) is 13.1 Å². The molecule has 0 aromatic heterocycles. The summed E-state index contributed by atoms with van der Waals surface area (Å²) in [6.07, 6.45) is 2.58.